The van der Waals surface area contributed by atoms with Crippen LogP contribution in [0.3, 0.4) is 0 Å². The molecule has 0 radical (unpaired) electrons. The van der Waals surface area contributed by atoms with Crippen LogP contribution in [0.2, 0.25) is 0 Å². The fraction of sp³-hybridized carbons (Fsp3) is 0.571. The molecule has 0 spiro atoms. The van der Waals surface area contributed by atoms with Gasteiger partial charge in [0.15, 0.2) is 0 Å². The maximum absolute atomic E-state index is 11.4. The third-order valence-electron chi connectivity index (χ3n) is 1.75. The monoisotopic (exact) mass is 233 g/mol. The first-order valence-corrected chi connectivity index (χ1v) is 5.43. The van der Waals surface area contributed by atoms with Gasteiger partial charge in [-0.05, 0) is 6.26 Å². The molecule has 1 atom stereocenters. The van der Waals surface area contributed by atoms with Gasteiger partial charge in [0.2, 0.25) is 0 Å². The smallest absolute Gasteiger partial charge is 0.310 e. The molecule has 15 heavy (non-hydrogen) atoms. The van der Waals surface area contributed by atoms with E-state index in [-0.39, 0.29) is 6.42 Å². The number of nitrogens with zero attached hydrogens (tertiary/aromatic N) is 1. The number of hydrogen-bond acceptors (Lipinski definition) is 6. The summed E-state index contributed by atoms with van der Waals surface area (Å²) in [5, 5.41) is 0.0354. The first-order chi connectivity index (χ1) is 7.10. The van der Waals surface area contributed by atoms with Crippen LogP contribution < -0.4 is 10.9 Å². The molecule has 1 heterocycles. The lowest BCUT2D eigenvalue weighted by Gasteiger charge is -2.13. The number of hydroxylamine groups is 2. The highest BCUT2D eigenvalue weighted by Gasteiger charge is 2.41. The lowest BCUT2D eigenvalue weighted by Crippen LogP contribution is -2.42. The van der Waals surface area contributed by atoms with Crippen molar-refractivity contribution in [2.45, 2.75) is 11.7 Å². The van der Waals surface area contributed by atoms with Crippen LogP contribution in [0, 0.1) is 0 Å². The molecule has 1 aliphatic heterocycles. The van der Waals surface area contributed by atoms with Gasteiger partial charge in [-0.15, -0.1) is 0 Å². The Balaban J connectivity index is 2.59. The number of hydrazine groups is 1. The molecule has 1 saturated heterocycles. The van der Waals surface area contributed by atoms with Gasteiger partial charge in [-0.3, -0.25) is 15.0 Å². The van der Waals surface area contributed by atoms with Crippen molar-refractivity contribution >= 4 is 29.7 Å². The van der Waals surface area contributed by atoms with E-state index in [1.54, 1.807) is 6.26 Å². The normalized spacial score (nSPS) is 20.7. The Morgan fingerprint density at radius 1 is 1.60 bits per heavy atom. The van der Waals surface area contributed by atoms with E-state index in [0.29, 0.717) is 5.06 Å². The first-order valence-electron chi connectivity index (χ1n) is 4.14. The summed E-state index contributed by atoms with van der Waals surface area (Å²) in [6, 6.07) is 0. The summed E-state index contributed by atoms with van der Waals surface area (Å²) in [5.74, 6) is -1.01. The van der Waals surface area contributed by atoms with E-state index in [4.69, 9.17) is 0 Å². The predicted octanol–water partition coefficient (Wildman–Crippen LogP) is -0.748. The summed E-state index contributed by atoms with van der Waals surface area (Å²) in [6.45, 7) is 0. The van der Waals surface area contributed by atoms with E-state index in [1.807, 2.05) is 0 Å². The Hall–Kier alpha value is -1.28. The number of nitrogens with one attached hydrogen (secondary N) is 2. The Labute approximate surface area is 90.4 Å². The topological polar surface area (TPSA) is 87.7 Å². The Morgan fingerprint density at radius 3 is 2.73 bits per heavy atom. The van der Waals surface area contributed by atoms with Gasteiger partial charge in [0.1, 0.15) is 0 Å². The van der Waals surface area contributed by atoms with E-state index in [9.17, 15) is 14.4 Å². The Morgan fingerprint density at radius 2 is 2.27 bits per heavy atom. The second-order valence-electron chi connectivity index (χ2n) is 2.71. The number of imide groups is 1. The minimum absolute atomic E-state index is 0.0623. The molecule has 8 heteroatoms. The first kappa shape index (κ1) is 11.8. The number of amides is 3. The molecule has 0 aromatic heterocycles. The van der Waals surface area contributed by atoms with Gasteiger partial charge >= 0.3 is 6.09 Å². The Bertz CT molecular complexity index is 296. The molecular weight excluding hydrogens is 222 g/mol. The highest BCUT2D eigenvalue weighted by Crippen LogP contribution is 2.23. The molecule has 1 rings (SSSR count). The summed E-state index contributed by atoms with van der Waals surface area (Å²) in [7, 11) is 1.46. The average molecular weight is 233 g/mol. The van der Waals surface area contributed by atoms with E-state index in [2.05, 4.69) is 15.7 Å². The van der Waals surface area contributed by atoms with Gasteiger partial charge in [-0.25, -0.2) is 10.2 Å². The summed E-state index contributed by atoms with van der Waals surface area (Å²) < 4.78 is 0. The van der Waals surface area contributed by atoms with Crippen molar-refractivity contribution in [2.24, 2.45) is 0 Å². The van der Waals surface area contributed by atoms with Crippen LogP contribution in [0.25, 0.3) is 0 Å². The van der Waals surface area contributed by atoms with Crippen molar-refractivity contribution in [3.8, 4) is 0 Å². The van der Waals surface area contributed by atoms with E-state index in [0.717, 1.165) is 0 Å². The SMILES string of the molecule is CNNC(=O)ON1C(=O)CC(SC)C1=O. The molecule has 0 aliphatic carbocycles. The maximum Gasteiger partial charge on any atom is 0.446 e. The zero-order chi connectivity index (χ0) is 11.4. The number of thioether (sulfide) groups is 1. The van der Waals surface area contributed by atoms with Gasteiger partial charge in [-0.1, -0.05) is 5.06 Å². The van der Waals surface area contributed by atoms with Gasteiger partial charge < -0.3 is 4.84 Å². The number of hydrogen-bond donors (Lipinski definition) is 2. The minimum atomic E-state index is -0.902. The van der Waals surface area contributed by atoms with Crippen LogP contribution in [0.15, 0.2) is 0 Å². The molecule has 3 amide bonds. The van der Waals surface area contributed by atoms with Gasteiger partial charge in [0, 0.05) is 7.05 Å². The molecule has 1 unspecified atom stereocenters. The van der Waals surface area contributed by atoms with Gasteiger partial charge in [-0.2, -0.15) is 11.8 Å². The number of carbonyl (C=O) groups excluding carboxylic acids is 3. The lowest BCUT2D eigenvalue weighted by molar-refractivity contribution is -0.171. The highest BCUT2D eigenvalue weighted by molar-refractivity contribution is 8.00. The molecule has 0 aromatic rings. The number of carbonyl (C=O) groups is 3. The molecule has 1 fully saturated rings. The van der Waals surface area contributed by atoms with Crippen LogP contribution in [0.4, 0.5) is 4.79 Å². The molecular formula is C7H11N3O4S. The highest BCUT2D eigenvalue weighted by atomic mass is 32.2. The molecule has 1 aliphatic rings. The van der Waals surface area contributed by atoms with Crippen molar-refractivity contribution in [3.63, 3.8) is 0 Å². The summed E-state index contributed by atoms with van der Waals surface area (Å²) >= 11 is 1.25. The third kappa shape index (κ3) is 2.60. The van der Waals surface area contributed by atoms with Crippen molar-refractivity contribution in [3.05, 3.63) is 0 Å². The van der Waals surface area contributed by atoms with Gasteiger partial charge in [0.05, 0.1) is 11.7 Å². The van der Waals surface area contributed by atoms with E-state index >= 15 is 0 Å². The molecule has 0 aromatic carbocycles. The molecule has 0 bridgehead atoms. The molecule has 0 saturated carbocycles. The average Bonchev–Trinajstić information content (AvgIpc) is 2.45. The van der Waals surface area contributed by atoms with Crippen molar-refractivity contribution in [1.82, 2.24) is 15.9 Å². The summed E-state index contributed by atoms with van der Waals surface area (Å²) in [5.41, 5.74) is 4.40. The lowest BCUT2D eigenvalue weighted by atomic mass is 10.4. The van der Waals surface area contributed by atoms with Crippen LogP contribution in [-0.4, -0.2) is 41.5 Å². The quantitative estimate of drug-likeness (QED) is 0.493. The maximum atomic E-state index is 11.4. The second-order valence-corrected chi connectivity index (χ2v) is 3.75. The zero-order valence-corrected chi connectivity index (χ0v) is 9.09. The second kappa shape index (κ2) is 4.99. The Kier molecular flexibility index (Phi) is 3.92. The molecule has 2 N–H and O–H groups in total. The van der Waals surface area contributed by atoms with Crippen LogP contribution >= 0.6 is 11.8 Å². The summed E-state index contributed by atoms with van der Waals surface area (Å²) in [6.07, 6.45) is 0.876. The van der Waals surface area contributed by atoms with E-state index in [1.165, 1.54) is 18.8 Å². The van der Waals surface area contributed by atoms with Crippen molar-refractivity contribution < 1.29 is 19.2 Å². The standard InChI is InChI=1S/C7H11N3O4S/c1-8-9-7(13)14-10-5(11)3-4(15-2)6(10)12/h4,8H,3H2,1-2H3,(H,9,13). The minimum Gasteiger partial charge on any atom is -0.310 e. The third-order valence-corrected chi connectivity index (χ3v) is 2.69. The fourth-order valence-corrected chi connectivity index (χ4v) is 1.68. The van der Waals surface area contributed by atoms with Crippen LogP contribution in [0.1, 0.15) is 6.42 Å². The zero-order valence-electron chi connectivity index (χ0n) is 8.27. The predicted molar refractivity (Wildman–Crippen MR) is 52.4 cm³/mol. The van der Waals surface area contributed by atoms with E-state index < -0.39 is 23.2 Å². The van der Waals surface area contributed by atoms with Crippen molar-refractivity contribution in [1.29, 1.82) is 0 Å². The van der Waals surface area contributed by atoms with Crippen LogP contribution in [-0.2, 0) is 14.4 Å². The van der Waals surface area contributed by atoms with Gasteiger partial charge in [0.25, 0.3) is 11.8 Å². The van der Waals surface area contributed by atoms with Crippen LogP contribution in [0.5, 0.6) is 0 Å². The number of rotatable bonds is 3. The molecule has 7 nitrogen and oxygen atoms in total. The summed E-state index contributed by atoms with van der Waals surface area (Å²) in [4.78, 5) is 38.2. The fourth-order valence-electron chi connectivity index (χ4n) is 1.07. The molecule has 84 valence electrons. The van der Waals surface area contributed by atoms with Crippen molar-refractivity contribution in [2.75, 3.05) is 13.3 Å². The largest absolute Gasteiger partial charge is 0.446 e.